The zero-order valence-electron chi connectivity index (χ0n) is 11.0. The van der Waals surface area contributed by atoms with Crippen LogP contribution in [0.2, 0.25) is 0 Å². The van der Waals surface area contributed by atoms with Crippen LogP contribution in [0.1, 0.15) is 33.6 Å². The van der Waals surface area contributed by atoms with Gasteiger partial charge < -0.3 is 15.0 Å². The number of hydrogen-bond donors (Lipinski definition) is 1. The number of hydrogen-bond acceptors (Lipinski definition) is 3. The second-order valence-corrected chi connectivity index (χ2v) is 5.59. The van der Waals surface area contributed by atoms with Crippen LogP contribution in [0.5, 0.6) is 0 Å². The van der Waals surface area contributed by atoms with Crippen molar-refractivity contribution < 1.29 is 9.53 Å². The summed E-state index contributed by atoms with van der Waals surface area (Å²) in [6.45, 7) is 6.37. The molecular weight excluding hydrogens is 204 g/mol. The zero-order chi connectivity index (χ0) is 12.3. The summed E-state index contributed by atoms with van der Waals surface area (Å²) >= 11 is 0. The number of rotatable bonds is 4. The van der Waals surface area contributed by atoms with Crippen LogP contribution < -0.4 is 5.32 Å². The molecule has 0 heterocycles. The highest BCUT2D eigenvalue weighted by molar-refractivity contribution is 5.67. The van der Waals surface area contributed by atoms with Gasteiger partial charge in [-0.3, -0.25) is 0 Å². The Hall–Kier alpha value is -0.770. The van der Waals surface area contributed by atoms with Gasteiger partial charge in [0.05, 0.1) is 0 Å². The third kappa shape index (κ3) is 4.39. The molecule has 0 spiro atoms. The first kappa shape index (κ1) is 13.3. The minimum atomic E-state index is -0.417. The predicted molar refractivity (Wildman–Crippen MR) is 64.4 cm³/mol. The summed E-state index contributed by atoms with van der Waals surface area (Å²) in [6, 6.07) is 0.400. The van der Waals surface area contributed by atoms with Gasteiger partial charge in [0.1, 0.15) is 5.60 Å². The monoisotopic (exact) mass is 228 g/mol. The van der Waals surface area contributed by atoms with Gasteiger partial charge in [-0.25, -0.2) is 4.79 Å². The lowest BCUT2D eigenvalue weighted by Gasteiger charge is -2.27. The van der Waals surface area contributed by atoms with Crippen LogP contribution in [-0.4, -0.2) is 43.3 Å². The van der Waals surface area contributed by atoms with Crippen LogP contribution in [0.4, 0.5) is 4.79 Å². The Bertz CT molecular complexity index is 244. The molecule has 94 valence electrons. The molecule has 0 radical (unpaired) electrons. The molecule has 1 fully saturated rings. The Kier molecular flexibility index (Phi) is 4.19. The van der Waals surface area contributed by atoms with E-state index in [1.165, 1.54) is 12.8 Å². The number of amides is 1. The topological polar surface area (TPSA) is 41.6 Å². The molecule has 1 aliphatic carbocycles. The van der Waals surface area contributed by atoms with Crippen LogP contribution >= 0.6 is 0 Å². The van der Waals surface area contributed by atoms with Crippen LogP contribution in [-0.2, 0) is 4.74 Å². The lowest BCUT2D eigenvalue weighted by atomic mass is 10.2. The van der Waals surface area contributed by atoms with E-state index in [0.717, 1.165) is 12.5 Å². The molecule has 1 unspecified atom stereocenters. The zero-order valence-corrected chi connectivity index (χ0v) is 11.0. The maximum Gasteiger partial charge on any atom is 0.410 e. The third-order valence-corrected chi connectivity index (χ3v) is 2.74. The molecule has 1 rings (SSSR count). The highest BCUT2D eigenvalue weighted by Crippen LogP contribution is 2.32. The van der Waals surface area contributed by atoms with Gasteiger partial charge >= 0.3 is 6.09 Å². The summed E-state index contributed by atoms with van der Waals surface area (Å²) in [6.07, 6.45) is 2.30. The Labute approximate surface area is 98.3 Å². The van der Waals surface area contributed by atoms with Crippen LogP contribution in [0.15, 0.2) is 0 Å². The predicted octanol–water partition coefficient (Wildman–Crippen LogP) is 1.85. The maximum absolute atomic E-state index is 11.7. The van der Waals surface area contributed by atoms with E-state index in [4.69, 9.17) is 4.74 Å². The van der Waals surface area contributed by atoms with E-state index < -0.39 is 5.60 Å². The Balaban J connectivity index is 2.38. The first-order valence-electron chi connectivity index (χ1n) is 5.95. The molecule has 0 aromatic rings. The number of likely N-dealkylation sites (N-methyl/N-ethyl adjacent to an activating group) is 2. The van der Waals surface area contributed by atoms with Gasteiger partial charge in [-0.05, 0) is 46.6 Å². The van der Waals surface area contributed by atoms with Crippen molar-refractivity contribution in [3.8, 4) is 0 Å². The van der Waals surface area contributed by atoms with Crippen LogP contribution in [0.3, 0.4) is 0 Å². The second-order valence-electron chi connectivity index (χ2n) is 5.59. The fourth-order valence-corrected chi connectivity index (χ4v) is 1.68. The molecule has 0 aromatic carbocycles. The van der Waals surface area contributed by atoms with E-state index in [0.29, 0.717) is 6.04 Å². The summed E-state index contributed by atoms with van der Waals surface area (Å²) in [5.41, 5.74) is -0.417. The van der Waals surface area contributed by atoms with E-state index in [-0.39, 0.29) is 6.09 Å². The fraction of sp³-hybridized carbons (Fsp3) is 0.917. The summed E-state index contributed by atoms with van der Waals surface area (Å²) in [7, 11) is 3.74. The molecule has 1 amide bonds. The van der Waals surface area contributed by atoms with E-state index >= 15 is 0 Å². The number of carbonyl (C=O) groups is 1. The van der Waals surface area contributed by atoms with Crippen LogP contribution in [0.25, 0.3) is 0 Å². The third-order valence-electron chi connectivity index (χ3n) is 2.74. The smallest absolute Gasteiger partial charge is 0.410 e. The van der Waals surface area contributed by atoms with E-state index in [9.17, 15) is 4.79 Å². The van der Waals surface area contributed by atoms with Crippen molar-refractivity contribution in [2.24, 2.45) is 5.92 Å². The molecule has 0 aromatic heterocycles. The molecule has 1 atom stereocenters. The highest BCUT2D eigenvalue weighted by Gasteiger charge is 2.32. The van der Waals surface area contributed by atoms with Crippen molar-refractivity contribution in [3.05, 3.63) is 0 Å². The minimum absolute atomic E-state index is 0.242. The Morgan fingerprint density at radius 3 is 2.44 bits per heavy atom. The van der Waals surface area contributed by atoms with E-state index in [1.54, 1.807) is 11.9 Å². The van der Waals surface area contributed by atoms with Crippen molar-refractivity contribution >= 4 is 6.09 Å². The molecule has 16 heavy (non-hydrogen) atoms. The van der Waals surface area contributed by atoms with Gasteiger partial charge in [0.2, 0.25) is 0 Å². The first-order valence-corrected chi connectivity index (χ1v) is 5.95. The van der Waals surface area contributed by atoms with Crippen molar-refractivity contribution in [2.45, 2.75) is 45.3 Å². The van der Waals surface area contributed by atoms with Gasteiger partial charge in [-0.1, -0.05) is 0 Å². The summed E-state index contributed by atoms with van der Waals surface area (Å²) in [5.74, 6) is 0.731. The SMILES string of the molecule is CNC(CN(C)C(=O)OC(C)(C)C)C1CC1. The van der Waals surface area contributed by atoms with Crippen molar-refractivity contribution in [1.82, 2.24) is 10.2 Å². The quantitative estimate of drug-likeness (QED) is 0.798. The average Bonchev–Trinajstić information content (AvgIpc) is 2.94. The molecule has 4 nitrogen and oxygen atoms in total. The van der Waals surface area contributed by atoms with Gasteiger partial charge in [0.25, 0.3) is 0 Å². The molecule has 1 saturated carbocycles. The van der Waals surface area contributed by atoms with Crippen LogP contribution in [0, 0.1) is 5.92 Å². The largest absolute Gasteiger partial charge is 0.444 e. The second kappa shape index (κ2) is 5.04. The lowest BCUT2D eigenvalue weighted by molar-refractivity contribution is 0.0280. The molecule has 0 bridgehead atoms. The molecule has 1 N–H and O–H groups in total. The molecular formula is C12H24N2O2. The van der Waals surface area contributed by atoms with Gasteiger partial charge in [-0.15, -0.1) is 0 Å². The summed E-state index contributed by atoms with van der Waals surface area (Å²) in [4.78, 5) is 13.4. The molecule has 0 aliphatic heterocycles. The van der Waals surface area contributed by atoms with Gasteiger partial charge in [-0.2, -0.15) is 0 Å². The number of carbonyl (C=O) groups excluding carboxylic acids is 1. The standard InChI is InChI=1S/C12H24N2O2/c1-12(2,3)16-11(15)14(5)8-10(13-4)9-6-7-9/h9-10,13H,6-8H2,1-5H3. The maximum atomic E-state index is 11.7. The van der Waals surface area contributed by atoms with Gasteiger partial charge in [0, 0.05) is 19.6 Å². The summed E-state index contributed by atoms with van der Waals surface area (Å²) < 4.78 is 5.30. The van der Waals surface area contributed by atoms with E-state index in [2.05, 4.69) is 5.32 Å². The van der Waals surface area contributed by atoms with Crippen molar-refractivity contribution in [2.75, 3.05) is 20.6 Å². The Morgan fingerprint density at radius 1 is 1.50 bits per heavy atom. The normalized spacial score (nSPS) is 18.1. The Morgan fingerprint density at radius 2 is 2.06 bits per heavy atom. The number of nitrogens with one attached hydrogen (secondary N) is 1. The number of nitrogens with zero attached hydrogens (tertiary/aromatic N) is 1. The molecule has 0 saturated heterocycles. The van der Waals surface area contributed by atoms with Crippen molar-refractivity contribution in [3.63, 3.8) is 0 Å². The minimum Gasteiger partial charge on any atom is -0.444 e. The average molecular weight is 228 g/mol. The highest BCUT2D eigenvalue weighted by atomic mass is 16.6. The summed E-state index contributed by atoms with van der Waals surface area (Å²) in [5, 5.41) is 3.26. The molecule has 4 heteroatoms. The first-order chi connectivity index (χ1) is 7.33. The van der Waals surface area contributed by atoms with E-state index in [1.807, 2.05) is 27.8 Å². The fourth-order valence-electron chi connectivity index (χ4n) is 1.68. The lowest BCUT2D eigenvalue weighted by Crippen LogP contribution is -2.43. The number of ether oxygens (including phenoxy) is 1. The molecule has 1 aliphatic rings. The van der Waals surface area contributed by atoms with Crippen molar-refractivity contribution in [1.29, 1.82) is 0 Å². The van der Waals surface area contributed by atoms with Gasteiger partial charge in [0.15, 0.2) is 0 Å².